The van der Waals surface area contributed by atoms with E-state index in [0.717, 1.165) is 17.4 Å². The first-order valence-electron chi connectivity index (χ1n) is 5.05. The van der Waals surface area contributed by atoms with Crippen LogP contribution in [0, 0.1) is 6.92 Å². The van der Waals surface area contributed by atoms with Crippen LogP contribution in [-0.2, 0) is 11.3 Å². The summed E-state index contributed by atoms with van der Waals surface area (Å²) in [6, 6.07) is 1.44. The zero-order valence-corrected chi connectivity index (χ0v) is 8.84. The average molecular weight is 224 g/mol. The fraction of sp³-hybridized carbons (Fsp3) is 0.500. The molecule has 0 amide bonds. The number of nitrogens with zero attached hydrogens (tertiary/aromatic N) is 2. The number of hydrogen-bond acceptors (Lipinski definition) is 3. The second-order valence-corrected chi connectivity index (χ2v) is 3.99. The van der Waals surface area contributed by atoms with Crippen LogP contribution in [0.15, 0.2) is 15.7 Å². The Morgan fingerprint density at radius 1 is 1.50 bits per heavy atom. The fourth-order valence-corrected chi connectivity index (χ4v) is 1.76. The smallest absolute Gasteiger partial charge is 0.331 e. The van der Waals surface area contributed by atoms with E-state index >= 15 is 0 Å². The van der Waals surface area contributed by atoms with Gasteiger partial charge in [0.1, 0.15) is 6.54 Å². The van der Waals surface area contributed by atoms with Gasteiger partial charge in [-0.3, -0.25) is 14.2 Å². The number of hydrogen-bond donors (Lipinski definition) is 1. The second kappa shape index (κ2) is 3.62. The Morgan fingerprint density at radius 3 is 2.62 bits per heavy atom. The van der Waals surface area contributed by atoms with Crippen molar-refractivity contribution in [3.05, 3.63) is 32.6 Å². The molecular weight excluding hydrogens is 212 g/mol. The first-order valence-corrected chi connectivity index (χ1v) is 5.05. The van der Waals surface area contributed by atoms with Crippen LogP contribution in [0.4, 0.5) is 0 Å². The third kappa shape index (κ3) is 1.78. The molecule has 0 radical (unpaired) electrons. The monoisotopic (exact) mass is 224 g/mol. The lowest BCUT2D eigenvalue weighted by atomic mass is 10.4. The zero-order valence-electron chi connectivity index (χ0n) is 8.84. The molecule has 6 heteroatoms. The van der Waals surface area contributed by atoms with Gasteiger partial charge in [0.2, 0.25) is 0 Å². The maximum atomic E-state index is 11.9. The minimum Gasteiger partial charge on any atom is -0.480 e. The van der Waals surface area contributed by atoms with Gasteiger partial charge in [-0.1, -0.05) is 0 Å². The molecule has 1 aliphatic carbocycles. The lowest BCUT2D eigenvalue weighted by Gasteiger charge is -2.10. The Labute approximate surface area is 90.8 Å². The molecule has 6 nitrogen and oxygen atoms in total. The molecule has 16 heavy (non-hydrogen) atoms. The summed E-state index contributed by atoms with van der Waals surface area (Å²) in [5, 5.41) is 8.62. The molecule has 86 valence electrons. The van der Waals surface area contributed by atoms with E-state index in [9.17, 15) is 14.4 Å². The van der Waals surface area contributed by atoms with Crippen molar-refractivity contribution < 1.29 is 9.90 Å². The molecule has 2 rings (SSSR count). The van der Waals surface area contributed by atoms with Crippen LogP contribution < -0.4 is 11.2 Å². The number of carboxylic acids is 1. The van der Waals surface area contributed by atoms with Gasteiger partial charge in [0.25, 0.3) is 5.56 Å². The van der Waals surface area contributed by atoms with Crippen molar-refractivity contribution in [3.63, 3.8) is 0 Å². The van der Waals surface area contributed by atoms with Gasteiger partial charge in [0, 0.05) is 17.8 Å². The number of carbonyl (C=O) groups is 1. The van der Waals surface area contributed by atoms with Crippen LogP contribution in [0.1, 0.15) is 24.6 Å². The summed E-state index contributed by atoms with van der Waals surface area (Å²) in [5.41, 5.74) is -0.476. The van der Waals surface area contributed by atoms with Gasteiger partial charge in [0.05, 0.1) is 0 Å². The Bertz CT molecular complexity index is 551. The lowest BCUT2D eigenvalue weighted by Crippen LogP contribution is -2.41. The molecule has 0 unspecified atom stereocenters. The number of carboxylic acid groups (broad SMARTS) is 1. The number of rotatable bonds is 3. The van der Waals surface area contributed by atoms with Crippen molar-refractivity contribution in [2.75, 3.05) is 0 Å². The predicted octanol–water partition coefficient (Wildman–Crippen LogP) is -0.262. The largest absolute Gasteiger partial charge is 0.480 e. The van der Waals surface area contributed by atoms with Crippen molar-refractivity contribution in [1.82, 2.24) is 9.13 Å². The van der Waals surface area contributed by atoms with Gasteiger partial charge in [-0.25, -0.2) is 9.36 Å². The number of aryl methyl sites for hydroxylation is 1. The molecule has 0 spiro atoms. The fourth-order valence-electron chi connectivity index (χ4n) is 1.76. The summed E-state index contributed by atoms with van der Waals surface area (Å²) >= 11 is 0. The van der Waals surface area contributed by atoms with Crippen LogP contribution in [0.3, 0.4) is 0 Å². The van der Waals surface area contributed by atoms with E-state index < -0.39 is 23.8 Å². The van der Waals surface area contributed by atoms with Crippen LogP contribution in [0.5, 0.6) is 0 Å². The number of aromatic nitrogens is 2. The Balaban J connectivity index is 2.60. The molecular formula is C10H12N2O4. The Hall–Kier alpha value is -1.85. The molecule has 0 saturated heterocycles. The average Bonchev–Trinajstić information content (AvgIpc) is 2.95. The van der Waals surface area contributed by atoms with Crippen LogP contribution >= 0.6 is 0 Å². The van der Waals surface area contributed by atoms with Crippen molar-refractivity contribution in [2.24, 2.45) is 0 Å². The molecule has 0 bridgehead atoms. The predicted molar refractivity (Wildman–Crippen MR) is 55.6 cm³/mol. The zero-order chi connectivity index (χ0) is 11.9. The Kier molecular flexibility index (Phi) is 2.41. The molecule has 1 N–H and O–H groups in total. The third-order valence-corrected chi connectivity index (χ3v) is 2.62. The third-order valence-electron chi connectivity index (χ3n) is 2.62. The van der Waals surface area contributed by atoms with E-state index in [2.05, 4.69) is 0 Å². The topological polar surface area (TPSA) is 81.3 Å². The van der Waals surface area contributed by atoms with Crippen LogP contribution in [-0.4, -0.2) is 20.2 Å². The van der Waals surface area contributed by atoms with E-state index in [4.69, 9.17) is 5.11 Å². The Morgan fingerprint density at radius 2 is 2.12 bits per heavy atom. The first-order chi connectivity index (χ1) is 7.50. The summed E-state index contributed by atoms with van der Waals surface area (Å²) < 4.78 is 2.26. The second-order valence-electron chi connectivity index (χ2n) is 3.99. The summed E-state index contributed by atoms with van der Waals surface area (Å²) in [6.45, 7) is 1.11. The van der Waals surface area contributed by atoms with E-state index in [1.165, 1.54) is 10.6 Å². The van der Waals surface area contributed by atoms with Gasteiger partial charge in [0.15, 0.2) is 0 Å². The highest BCUT2D eigenvalue weighted by molar-refractivity contribution is 5.66. The SMILES string of the molecule is Cc1cc(=O)n(CC(=O)O)c(=O)n1C1CC1. The van der Waals surface area contributed by atoms with E-state index in [0.29, 0.717) is 5.69 Å². The highest BCUT2D eigenvalue weighted by atomic mass is 16.4. The van der Waals surface area contributed by atoms with Gasteiger partial charge in [-0.05, 0) is 19.8 Å². The highest BCUT2D eigenvalue weighted by Crippen LogP contribution is 2.33. The van der Waals surface area contributed by atoms with E-state index in [-0.39, 0.29) is 6.04 Å². The summed E-state index contributed by atoms with van der Waals surface area (Å²) in [4.78, 5) is 33.9. The van der Waals surface area contributed by atoms with Crippen LogP contribution in [0.2, 0.25) is 0 Å². The first kappa shape index (κ1) is 10.7. The molecule has 1 aliphatic rings. The van der Waals surface area contributed by atoms with Crippen LogP contribution in [0.25, 0.3) is 0 Å². The highest BCUT2D eigenvalue weighted by Gasteiger charge is 2.27. The molecule has 1 saturated carbocycles. The minimum atomic E-state index is -1.19. The molecule has 0 aromatic carbocycles. The number of aliphatic carboxylic acids is 1. The van der Waals surface area contributed by atoms with Gasteiger partial charge in [-0.2, -0.15) is 0 Å². The molecule has 1 fully saturated rings. The maximum absolute atomic E-state index is 11.9. The quantitative estimate of drug-likeness (QED) is 0.766. The van der Waals surface area contributed by atoms with Gasteiger partial charge in [-0.15, -0.1) is 0 Å². The molecule has 1 aromatic heterocycles. The summed E-state index contributed by atoms with van der Waals surface area (Å²) in [6.07, 6.45) is 1.82. The minimum absolute atomic E-state index is 0.133. The maximum Gasteiger partial charge on any atom is 0.331 e. The van der Waals surface area contributed by atoms with Gasteiger partial charge >= 0.3 is 11.7 Å². The molecule has 0 aliphatic heterocycles. The van der Waals surface area contributed by atoms with Crippen molar-refractivity contribution in [1.29, 1.82) is 0 Å². The lowest BCUT2D eigenvalue weighted by molar-refractivity contribution is -0.137. The summed E-state index contributed by atoms with van der Waals surface area (Å²) in [5.74, 6) is -1.19. The van der Waals surface area contributed by atoms with Crippen molar-refractivity contribution in [3.8, 4) is 0 Å². The van der Waals surface area contributed by atoms with Crippen molar-refractivity contribution in [2.45, 2.75) is 32.4 Å². The molecule has 1 aromatic rings. The standard InChI is InChI=1S/C10H12N2O4/c1-6-4-8(13)11(5-9(14)15)10(16)12(6)7-2-3-7/h4,7H,2-3,5H2,1H3,(H,14,15). The van der Waals surface area contributed by atoms with Gasteiger partial charge < -0.3 is 5.11 Å². The molecule has 0 atom stereocenters. The van der Waals surface area contributed by atoms with Crippen molar-refractivity contribution >= 4 is 5.97 Å². The molecule has 1 heterocycles. The summed E-state index contributed by atoms with van der Waals surface area (Å²) in [7, 11) is 0. The van der Waals surface area contributed by atoms with E-state index in [1.54, 1.807) is 6.92 Å². The van der Waals surface area contributed by atoms with E-state index in [1.807, 2.05) is 0 Å². The normalized spacial score (nSPS) is 15.1.